The number of carbonyl (C=O) groups excluding carboxylic acids is 2. The molecule has 37 heavy (non-hydrogen) atoms. The number of likely N-dealkylation sites (N-methyl/N-ethyl adjacent to an activating group) is 1. The van der Waals surface area contributed by atoms with Crippen LogP contribution in [0.2, 0.25) is 0 Å². The lowest BCUT2D eigenvalue weighted by atomic mass is 10.00. The highest BCUT2D eigenvalue weighted by Gasteiger charge is 2.26. The van der Waals surface area contributed by atoms with Crippen molar-refractivity contribution >= 4 is 34.6 Å². The molecule has 0 atom stereocenters. The molecule has 2 aromatic rings. The maximum absolute atomic E-state index is 12.0. The Morgan fingerprint density at radius 1 is 0.811 bits per heavy atom. The first-order chi connectivity index (χ1) is 17.6. The number of fused-ring (bicyclic) bond motifs is 2. The van der Waals surface area contributed by atoms with Gasteiger partial charge in [-0.2, -0.15) is 0 Å². The summed E-state index contributed by atoms with van der Waals surface area (Å²) >= 11 is 0. The smallest absolute Gasteiger partial charge is 0.269 e. The molecule has 0 aliphatic carbocycles. The van der Waals surface area contributed by atoms with E-state index in [1.807, 2.05) is 51.3 Å². The number of rotatable bonds is 8. The van der Waals surface area contributed by atoms with Crippen LogP contribution >= 0.6 is 0 Å². The summed E-state index contributed by atoms with van der Waals surface area (Å²) in [6.07, 6.45) is 3.28. The molecule has 200 valence electrons. The number of anilines is 3. The molecule has 2 aromatic carbocycles. The Hall–Kier alpha value is -3.50. The maximum Gasteiger partial charge on any atom is 0.269 e. The van der Waals surface area contributed by atoms with Crippen molar-refractivity contribution in [3.63, 3.8) is 0 Å². The second-order valence-corrected chi connectivity index (χ2v) is 10.0. The Morgan fingerprint density at radius 2 is 1.35 bits per heavy atom. The van der Waals surface area contributed by atoms with E-state index in [-0.39, 0.29) is 17.5 Å². The Kier molecular flexibility index (Phi) is 9.60. The third kappa shape index (κ3) is 7.50. The predicted molar refractivity (Wildman–Crippen MR) is 147 cm³/mol. The highest BCUT2D eigenvalue weighted by molar-refractivity contribution is 5.97. The Morgan fingerprint density at radius 3 is 1.92 bits per heavy atom. The maximum atomic E-state index is 12.0. The Balaban J connectivity index is 0.000000208. The number of nitrogens with zero attached hydrogens (tertiary/aromatic N) is 5. The van der Waals surface area contributed by atoms with Crippen molar-refractivity contribution in [1.82, 2.24) is 9.80 Å². The van der Waals surface area contributed by atoms with E-state index in [1.165, 1.54) is 11.6 Å². The van der Waals surface area contributed by atoms with Gasteiger partial charge in [-0.05, 0) is 89.4 Å². The van der Waals surface area contributed by atoms with E-state index in [9.17, 15) is 19.7 Å². The normalized spacial score (nSPS) is 14.9. The quantitative estimate of drug-likeness (QED) is 0.330. The van der Waals surface area contributed by atoms with Gasteiger partial charge in [-0.25, -0.2) is 0 Å². The first-order valence-electron chi connectivity index (χ1n) is 12.6. The summed E-state index contributed by atoms with van der Waals surface area (Å²) in [7, 11) is 8.02. The molecule has 0 aromatic heterocycles. The molecule has 0 spiro atoms. The van der Waals surface area contributed by atoms with Gasteiger partial charge in [0.1, 0.15) is 0 Å². The molecule has 0 bridgehead atoms. The zero-order chi connectivity index (χ0) is 27.1. The molecule has 0 saturated heterocycles. The fraction of sp³-hybridized carbons (Fsp3) is 0.481. The van der Waals surface area contributed by atoms with Crippen molar-refractivity contribution in [1.29, 1.82) is 0 Å². The van der Waals surface area contributed by atoms with Gasteiger partial charge in [0.25, 0.3) is 5.69 Å². The second kappa shape index (κ2) is 12.6. The van der Waals surface area contributed by atoms with Crippen molar-refractivity contribution in [3.05, 3.63) is 57.6 Å². The van der Waals surface area contributed by atoms with E-state index in [4.69, 9.17) is 5.73 Å². The zero-order valence-corrected chi connectivity index (χ0v) is 22.3. The van der Waals surface area contributed by atoms with Gasteiger partial charge in [-0.1, -0.05) is 0 Å². The molecule has 2 aliphatic rings. The molecule has 10 heteroatoms. The van der Waals surface area contributed by atoms with Crippen molar-refractivity contribution in [2.24, 2.45) is 0 Å². The average Bonchev–Trinajstić information content (AvgIpc) is 2.84. The van der Waals surface area contributed by atoms with Crippen molar-refractivity contribution in [2.75, 3.05) is 69.9 Å². The van der Waals surface area contributed by atoms with Crippen LogP contribution in [0, 0.1) is 10.1 Å². The first-order valence-corrected chi connectivity index (χ1v) is 12.6. The molecule has 2 N–H and O–H groups in total. The minimum atomic E-state index is -0.396. The minimum absolute atomic E-state index is 0.0892. The van der Waals surface area contributed by atoms with Gasteiger partial charge >= 0.3 is 0 Å². The minimum Gasteiger partial charge on any atom is -0.399 e. The number of hydrogen-bond donors (Lipinski definition) is 1. The van der Waals surface area contributed by atoms with Crippen LogP contribution < -0.4 is 15.5 Å². The SMILES string of the molecule is CN(C)CCCN1C(=O)CCc2cc([N+](=O)[O-])ccc21.CN(C)CCN1C(=O)CCc2cc(N)ccc21. The lowest BCUT2D eigenvalue weighted by molar-refractivity contribution is -0.384. The summed E-state index contributed by atoms with van der Waals surface area (Å²) in [5.74, 6) is 0.314. The first kappa shape index (κ1) is 28.1. The van der Waals surface area contributed by atoms with Crippen LogP contribution in [0.3, 0.4) is 0 Å². The van der Waals surface area contributed by atoms with Crippen LogP contribution in [0.5, 0.6) is 0 Å². The van der Waals surface area contributed by atoms with Gasteiger partial charge in [-0.15, -0.1) is 0 Å². The van der Waals surface area contributed by atoms with Crippen LogP contribution in [0.4, 0.5) is 22.7 Å². The van der Waals surface area contributed by atoms with Crippen LogP contribution in [-0.2, 0) is 22.4 Å². The van der Waals surface area contributed by atoms with Gasteiger partial charge in [-0.3, -0.25) is 19.7 Å². The van der Waals surface area contributed by atoms with Gasteiger partial charge in [0.05, 0.1) is 4.92 Å². The largest absolute Gasteiger partial charge is 0.399 e. The number of hydrogen-bond acceptors (Lipinski definition) is 7. The molecule has 0 unspecified atom stereocenters. The van der Waals surface area contributed by atoms with E-state index in [0.717, 1.165) is 55.1 Å². The van der Waals surface area contributed by atoms with Crippen LogP contribution in [0.1, 0.15) is 30.4 Å². The molecule has 0 fully saturated rings. The van der Waals surface area contributed by atoms with Gasteiger partial charge in [0.2, 0.25) is 11.8 Å². The van der Waals surface area contributed by atoms with Crippen molar-refractivity contribution < 1.29 is 14.5 Å². The lowest BCUT2D eigenvalue weighted by Crippen LogP contribution is -2.39. The van der Waals surface area contributed by atoms with Gasteiger partial charge < -0.3 is 25.3 Å². The molecular weight excluding hydrogens is 472 g/mol. The zero-order valence-electron chi connectivity index (χ0n) is 22.3. The Labute approximate surface area is 218 Å². The summed E-state index contributed by atoms with van der Waals surface area (Å²) in [4.78, 5) is 42.2. The van der Waals surface area contributed by atoms with E-state index < -0.39 is 4.92 Å². The van der Waals surface area contributed by atoms with Crippen LogP contribution in [0.25, 0.3) is 0 Å². The lowest BCUT2D eigenvalue weighted by Gasteiger charge is -2.30. The summed E-state index contributed by atoms with van der Waals surface area (Å²) in [6.45, 7) is 3.17. The van der Waals surface area contributed by atoms with Crippen LogP contribution in [-0.4, -0.2) is 80.9 Å². The summed E-state index contributed by atoms with van der Waals surface area (Å²) in [5.41, 5.74) is 10.6. The fourth-order valence-corrected chi connectivity index (χ4v) is 4.58. The number of amides is 2. The predicted octanol–water partition coefficient (Wildman–Crippen LogP) is 2.94. The number of nitro benzene ring substituents is 1. The molecule has 10 nitrogen and oxygen atoms in total. The van der Waals surface area contributed by atoms with E-state index in [1.54, 1.807) is 17.0 Å². The summed E-state index contributed by atoms with van der Waals surface area (Å²) in [6, 6.07) is 10.5. The highest BCUT2D eigenvalue weighted by atomic mass is 16.6. The summed E-state index contributed by atoms with van der Waals surface area (Å²) in [5, 5.41) is 10.8. The summed E-state index contributed by atoms with van der Waals surface area (Å²) < 4.78 is 0. The van der Waals surface area contributed by atoms with Crippen molar-refractivity contribution in [3.8, 4) is 0 Å². The van der Waals surface area contributed by atoms with Gasteiger partial charge in [0.15, 0.2) is 0 Å². The number of carbonyl (C=O) groups is 2. The topological polar surface area (TPSA) is 116 Å². The van der Waals surface area contributed by atoms with Gasteiger partial charge in [0, 0.05) is 61.7 Å². The number of non-ortho nitro benzene ring substituents is 1. The number of aryl methyl sites for hydroxylation is 2. The molecule has 2 amide bonds. The third-order valence-corrected chi connectivity index (χ3v) is 6.54. The standard InChI is InChI=1S/C14H19N3O3.C13H19N3O/c1-15(2)8-3-9-16-13-6-5-12(17(19)20)10-11(13)4-7-14(16)18;1-15(2)7-8-16-12-5-4-11(14)9-10(12)3-6-13(16)17/h5-6,10H,3-4,7-9H2,1-2H3;4-5,9H,3,6-8,14H2,1-2H3. The average molecular weight is 511 g/mol. The molecule has 0 radical (unpaired) electrons. The molecular formula is C27H38N6O4. The number of nitro groups is 1. The number of benzene rings is 2. The third-order valence-electron chi connectivity index (χ3n) is 6.54. The Bertz CT molecular complexity index is 1130. The van der Waals surface area contributed by atoms with Crippen LogP contribution in [0.15, 0.2) is 36.4 Å². The van der Waals surface area contributed by atoms with E-state index in [2.05, 4.69) is 9.80 Å². The molecule has 2 heterocycles. The fourth-order valence-electron chi connectivity index (χ4n) is 4.58. The second-order valence-electron chi connectivity index (χ2n) is 10.0. The number of nitrogen functional groups attached to an aromatic ring is 1. The molecule has 4 rings (SSSR count). The van der Waals surface area contributed by atoms with Crippen molar-refractivity contribution in [2.45, 2.75) is 32.1 Å². The highest BCUT2D eigenvalue weighted by Crippen LogP contribution is 2.31. The molecule has 0 saturated carbocycles. The molecule has 2 aliphatic heterocycles. The monoisotopic (exact) mass is 510 g/mol. The number of nitrogens with two attached hydrogens (primary N) is 1. The van der Waals surface area contributed by atoms with E-state index in [0.29, 0.717) is 25.8 Å². The van der Waals surface area contributed by atoms with E-state index >= 15 is 0 Å².